The molecule has 3 aromatic rings. The summed E-state index contributed by atoms with van der Waals surface area (Å²) in [5, 5.41) is 7.34. The molecule has 0 spiro atoms. The van der Waals surface area contributed by atoms with Crippen LogP contribution in [0.25, 0.3) is 5.52 Å². The first-order chi connectivity index (χ1) is 12.7. The summed E-state index contributed by atoms with van der Waals surface area (Å²) in [6.45, 7) is 5.36. The number of hydrogen-bond acceptors (Lipinski definition) is 4. The number of nitrogens with one attached hydrogen (secondary N) is 1. The van der Waals surface area contributed by atoms with Crippen LogP contribution in [-0.2, 0) is 4.74 Å². The van der Waals surface area contributed by atoms with E-state index >= 15 is 0 Å². The molecule has 6 heteroatoms. The van der Waals surface area contributed by atoms with Crippen LogP contribution in [0.15, 0.2) is 54.7 Å². The van der Waals surface area contributed by atoms with Crippen molar-refractivity contribution in [3.8, 4) is 0 Å². The molecule has 1 aromatic carbocycles. The van der Waals surface area contributed by atoms with E-state index in [4.69, 9.17) is 4.74 Å². The predicted molar refractivity (Wildman–Crippen MR) is 101 cm³/mol. The van der Waals surface area contributed by atoms with Gasteiger partial charge in [0.15, 0.2) is 5.69 Å². The van der Waals surface area contributed by atoms with Crippen molar-refractivity contribution < 1.29 is 9.53 Å². The van der Waals surface area contributed by atoms with E-state index in [0.717, 1.165) is 37.4 Å². The van der Waals surface area contributed by atoms with Gasteiger partial charge in [-0.1, -0.05) is 18.2 Å². The van der Waals surface area contributed by atoms with Gasteiger partial charge in [0.05, 0.1) is 24.8 Å². The van der Waals surface area contributed by atoms with Gasteiger partial charge in [0, 0.05) is 25.0 Å². The third-order valence-electron chi connectivity index (χ3n) is 4.72. The summed E-state index contributed by atoms with van der Waals surface area (Å²) >= 11 is 0. The minimum atomic E-state index is -0.168. The third-order valence-corrected chi connectivity index (χ3v) is 4.72. The minimum absolute atomic E-state index is 0.0916. The lowest BCUT2D eigenvalue weighted by molar-refractivity contribution is 0.0934. The number of morpholine rings is 1. The van der Waals surface area contributed by atoms with Crippen molar-refractivity contribution in [3.63, 3.8) is 0 Å². The Kier molecular flexibility index (Phi) is 4.58. The van der Waals surface area contributed by atoms with E-state index in [1.807, 2.05) is 31.3 Å². The normalized spacial score (nSPS) is 15.8. The van der Waals surface area contributed by atoms with E-state index in [2.05, 4.69) is 39.6 Å². The van der Waals surface area contributed by atoms with E-state index in [1.54, 1.807) is 10.6 Å². The predicted octanol–water partition coefficient (Wildman–Crippen LogP) is 2.66. The lowest BCUT2D eigenvalue weighted by atomic mass is 10.1. The molecule has 4 rings (SSSR count). The number of ether oxygens (including phenoxy) is 1. The summed E-state index contributed by atoms with van der Waals surface area (Å²) in [7, 11) is 0. The monoisotopic (exact) mass is 350 g/mol. The zero-order valence-electron chi connectivity index (χ0n) is 14.8. The molecule has 1 aliphatic rings. The number of anilines is 1. The van der Waals surface area contributed by atoms with E-state index < -0.39 is 0 Å². The summed E-state index contributed by atoms with van der Waals surface area (Å²) in [6, 6.07) is 15.8. The van der Waals surface area contributed by atoms with E-state index in [9.17, 15) is 4.79 Å². The fourth-order valence-electron chi connectivity index (χ4n) is 3.20. The Morgan fingerprint density at radius 1 is 1.15 bits per heavy atom. The van der Waals surface area contributed by atoms with E-state index in [0.29, 0.717) is 5.69 Å². The largest absolute Gasteiger partial charge is 0.378 e. The van der Waals surface area contributed by atoms with Crippen LogP contribution in [0.1, 0.15) is 29.0 Å². The van der Waals surface area contributed by atoms with Crippen molar-refractivity contribution in [3.05, 3.63) is 66.0 Å². The van der Waals surface area contributed by atoms with Gasteiger partial charge >= 0.3 is 0 Å². The highest BCUT2D eigenvalue weighted by Crippen LogP contribution is 2.20. The number of aromatic nitrogens is 2. The second kappa shape index (κ2) is 7.17. The van der Waals surface area contributed by atoms with Crippen LogP contribution in [0.5, 0.6) is 0 Å². The van der Waals surface area contributed by atoms with Crippen LogP contribution in [-0.4, -0.2) is 41.8 Å². The van der Waals surface area contributed by atoms with Gasteiger partial charge in [0.2, 0.25) is 0 Å². The number of fused-ring (bicyclic) bond motifs is 1. The molecular weight excluding hydrogens is 328 g/mol. The summed E-state index contributed by atoms with van der Waals surface area (Å²) in [5.74, 6) is -0.168. The molecule has 2 aromatic heterocycles. The molecule has 1 fully saturated rings. The summed E-state index contributed by atoms with van der Waals surface area (Å²) in [5.41, 5.74) is 3.59. The number of rotatable bonds is 4. The molecule has 1 unspecified atom stereocenters. The number of pyridine rings is 1. The average molecular weight is 350 g/mol. The summed E-state index contributed by atoms with van der Waals surface area (Å²) in [6.07, 6.45) is 1.83. The van der Waals surface area contributed by atoms with Gasteiger partial charge in [-0.25, -0.2) is 4.52 Å². The number of nitrogens with zero attached hydrogens (tertiary/aromatic N) is 3. The quantitative estimate of drug-likeness (QED) is 0.786. The highest BCUT2D eigenvalue weighted by molar-refractivity contribution is 5.93. The van der Waals surface area contributed by atoms with Crippen LogP contribution >= 0.6 is 0 Å². The number of amides is 1. The zero-order valence-corrected chi connectivity index (χ0v) is 14.8. The Labute approximate surface area is 152 Å². The Morgan fingerprint density at radius 2 is 1.92 bits per heavy atom. The maximum absolute atomic E-state index is 12.5. The first-order valence-electron chi connectivity index (χ1n) is 8.89. The molecule has 1 N–H and O–H groups in total. The van der Waals surface area contributed by atoms with Crippen LogP contribution in [0, 0.1) is 0 Å². The van der Waals surface area contributed by atoms with Gasteiger partial charge in [-0.05, 0) is 42.8 Å². The molecule has 1 saturated heterocycles. The van der Waals surface area contributed by atoms with E-state index in [-0.39, 0.29) is 11.9 Å². The second-order valence-corrected chi connectivity index (χ2v) is 6.49. The summed E-state index contributed by atoms with van der Waals surface area (Å²) in [4.78, 5) is 14.8. The molecule has 6 nitrogen and oxygen atoms in total. The SMILES string of the molecule is CC(NC(=O)c1cc2ccccn2n1)c1ccc(N2CCOCC2)cc1. The molecule has 0 aliphatic carbocycles. The second-order valence-electron chi connectivity index (χ2n) is 6.49. The van der Waals surface area contributed by atoms with Crippen LogP contribution in [0.3, 0.4) is 0 Å². The molecular formula is C20H22N4O2. The Balaban J connectivity index is 1.43. The van der Waals surface area contributed by atoms with Gasteiger partial charge in [-0.15, -0.1) is 0 Å². The van der Waals surface area contributed by atoms with Crippen LogP contribution < -0.4 is 10.2 Å². The molecule has 0 bridgehead atoms. The molecule has 0 radical (unpaired) electrons. The fourth-order valence-corrected chi connectivity index (χ4v) is 3.20. The highest BCUT2D eigenvalue weighted by atomic mass is 16.5. The van der Waals surface area contributed by atoms with Gasteiger partial charge in [-0.2, -0.15) is 5.10 Å². The molecule has 0 saturated carbocycles. The number of hydrogen-bond donors (Lipinski definition) is 1. The van der Waals surface area contributed by atoms with Crippen molar-refractivity contribution in [2.75, 3.05) is 31.2 Å². The highest BCUT2D eigenvalue weighted by Gasteiger charge is 2.16. The summed E-state index contributed by atoms with van der Waals surface area (Å²) < 4.78 is 7.10. The van der Waals surface area contributed by atoms with Crippen molar-refractivity contribution in [2.45, 2.75) is 13.0 Å². The Hall–Kier alpha value is -2.86. The lowest BCUT2D eigenvalue weighted by Crippen LogP contribution is -2.36. The average Bonchev–Trinajstić information content (AvgIpc) is 3.13. The Morgan fingerprint density at radius 3 is 2.65 bits per heavy atom. The van der Waals surface area contributed by atoms with Gasteiger partial charge in [-0.3, -0.25) is 4.79 Å². The lowest BCUT2D eigenvalue weighted by Gasteiger charge is -2.29. The molecule has 1 amide bonds. The molecule has 3 heterocycles. The maximum atomic E-state index is 12.5. The minimum Gasteiger partial charge on any atom is -0.378 e. The number of carbonyl (C=O) groups excluding carboxylic acids is 1. The Bertz CT molecular complexity index is 865. The van der Waals surface area contributed by atoms with Gasteiger partial charge < -0.3 is 15.0 Å². The standard InChI is InChI=1S/C20H22N4O2/c1-15(16-5-7-17(8-6-16)23-10-12-26-13-11-23)21-20(25)19-14-18-4-2-3-9-24(18)22-19/h2-9,14-15H,10-13H2,1H3,(H,21,25). The van der Waals surface area contributed by atoms with Crippen molar-refractivity contribution in [2.24, 2.45) is 0 Å². The van der Waals surface area contributed by atoms with Gasteiger partial charge in [0.1, 0.15) is 0 Å². The first kappa shape index (κ1) is 16.6. The number of benzene rings is 1. The molecule has 26 heavy (non-hydrogen) atoms. The van der Waals surface area contributed by atoms with E-state index in [1.165, 1.54) is 5.69 Å². The maximum Gasteiger partial charge on any atom is 0.272 e. The smallest absolute Gasteiger partial charge is 0.272 e. The molecule has 1 aliphatic heterocycles. The third kappa shape index (κ3) is 3.41. The number of carbonyl (C=O) groups is 1. The molecule has 1 atom stereocenters. The molecule has 134 valence electrons. The van der Waals surface area contributed by atoms with Gasteiger partial charge in [0.25, 0.3) is 5.91 Å². The topological polar surface area (TPSA) is 58.9 Å². The van der Waals surface area contributed by atoms with Crippen molar-refractivity contribution in [1.82, 2.24) is 14.9 Å². The van der Waals surface area contributed by atoms with Crippen LogP contribution in [0.4, 0.5) is 5.69 Å². The van der Waals surface area contributed by atoms with Crippen molar-refractivity contribution >= 4 is 17.1 Å². The fraction of sp³-hybridized carbons (Fsp3) is 0.300. The zero-order chi connectivity index (χ0) is 17.9. The van der Waals surface area contributed by atoms with Crippen molar-refractivity contribution in [1.29, 1.82) is 0 Å². The first-order valence-corrected chi connectivity index (χ1v) is 8.89. The van der Waals surface area contributed by atoms with Crippen LogP contribution in [0.2, 0.25) is 0 Å².